The van der Waals surface area contributed by atoms with Crippen LogP contribution in [0.5, 0.6) is 0 Å². The van der Waals surface area contributed by atoms with E-state index in [1.54, 1.807) is 6.07 Å². The molecule has 1 saturated heterocycles. The van der Waals surface area contributed by atoms with E-state index in [0.29, 0.717) is 15.3 Å². The van der Waals surface area contributed by atoms with Crippen LogP contribution in [0.4, 0.5) is 0 Å². The van der Waals surface area contributed by atoms with E-state index in [0.717, 1.165) is 0 Å². The maximum atomic E-state index is 11.5. The van der Waals surface area contributed by atoms with Gasteiger partial charge in [-0.25, -0.2) is 14.3 Å². The van der Waals surface area contributed by atoms with Crippen molar-refractivity contribution in [2.75, 3.05) is 13.7 Å². The van der Waals surface area contributed by atoms with Crippen LogP contribution in [0, 0.1) is 11.3 Å². The topological polar surface area (TPSA) is 144 Å². The fourth-order valence-electron chi connectivity index (χ4n) is 3.94. The number of aliphatic hydroxyl groups is 2. The SMILES string of the molecule is CO[C@@H]1[C@H](S)O[C@@H](CO)[C@@H](O)[C@@]1(c1cc(Br)cnc1C#N)n1cc(-n2cc(Cl)cn2)nn1. The van der Waals surface area contributed by atoms with Gasteiger partial charge in [-0.15, -0.1) is 17.7 Å². The third kappa shape index (κ3) is 3.61. The van der Waals surface area contributed by atoms with Gasteiger partial charge in [-0.1, -0.05) is 16.8 Å². The van der Waals surface area contributed by atoms with Crippen LogP contribution in [0.2, 0.25) is 5.02 Å². The van der Waals surface area contributed by atoms with Crippen LogP contribution in [0.1, 0.15) is 11.3 Å². The molecule has 0 unspecified atom stereocenters. The summed E-state index contributed by atoms with van der Waals surface area (Å²) < 4.78 is 14.7. The molecule has 0 spiro atoms. The highest BCUT2D eigenvalue weighted by Gasteiger charge is 2.60. The normalized spacial score (nSPS) is 27.9. The van der Waals surface area contributed by atoms with E-state index in [1.165, 1.54) is 41.3 Å². The largest absolute Gasteiger partial charge is 0.394 e. The van der Waals surface area contributed by atoms with Crippen molar-refractivity contribution in [3.05, 3.63) is 51.6 Å². The fourth-order valence-corrected chi connectivity index (χ4v) is 4.91. The summed E-state index contributed by atoms with van der Waals surface area (Å²) in [6.07, 6.45) is 2.49. The van der Waals surface area contributed by atoms with Crippen LogP contribution in [0.25, 0.3) is 5.82 Å². The molecule has 32 heavy (non-hydrogen) atoms. The van der Waals surface area contributed by atoms with Crippen molar-refractivity contribution in [1.82, 2.24) is 29.8 Å². The number of aromatic nitrogens is 6. The Balaban J connectivity index is 2.03. The average molecular weight is 543 g/mol. The third-order valence-corrected chi connectivity index (χ3v) is 6.30. The summed E-state index contributed by atoms with van der Waals surface area (Å²) in [7, 11) is 1.42. The predicted octanol–water partition coefficient (Wildman–Crippen LogP) is 0.913. The number of ether oxygens (including phenoxy) is 2. The van der Waals surface area contributed by atoms with Gasteiger partial charge in [0.2, 0.25) is 0 Å². The first-order valence-electron chi connectivity index (χ1n) is 9.21. The number of hydrogen-bond acceptors (Lipinski definition) is 10. The zero-order valence-electron chi connectivity index (χ0n) is 16.4. The number of methoxy groups -OCH3 is 1. The first kappa shape index (κ1) is 23.1. The predicted molar refractivity (Wildman–Crippen MR) is 117 cm³/mol. The Morgan fingerprint density at radius 2 is 2.22 bits per heavy atom. The van der Waals surface area contributed by atoms with E-state index in [4.69, 9.17) is 21.1 Å². The van der Waals surface area contributed by atoms with Gasteiger partial charge in [0.05, 0.1) is 30.2 Å². The molecule has 5 atom stereocenters. The summed E-state index contributed by atoms with van der Waals surface area (Å²) in [5, 5.41) is 44.1. The molecule has 4 heterocycles. The van der Waals surface area contributed by atoms with Gasteiger partial charge in [0, 0.05) is 23.3 Å². The molecule has 0 aliphatic carbocycles. The molecular formula is C18H17BrClN7O4S. The zero-order valence-corrected chi connectivity index (χ0v) is 19.7. The lowest BCUT2D eigenvalue weighted by Crippen LogP contribution is -2.68. The van der Waals surface area contributed by atoms with Crippen molar-refractivity contribution in [3.63, 3.8) is 0 Å². The molecule has 168 valence electrons. The summed E-state index contributed by atoms with van der Waals surface area (Å²) in [5.74, 6) is 0.294. The number of nitriles is 1. The molecule has 0 amide bonds. The standard InChI is InChI=1S/C18H17BrClN7O4S/c1-30-16-17(32)31-13(8-28)15(29)18(16,11-2-9(19)4-22-12(11)3-21)27-7-14(24-25-27)26-6-10(20)5-23-26/h2,4-7,13,15-17,28-29,32H,8H2,1H3/t13-,15+,16+,17-,18+/m0/s1. The maximum absolute atomic E-state index is 11.5. The summed E-state index contributed by atoms with van der Waals surface area (Å²) in [5.41, 5.74) is -2.20. The molecule has 1 aliphatic rings. The van der Waals surface area contributed by atoms with E-state index in [1.807, 2.05) is 6.07 Å². The second-order valence-corrected chi connectivity index (χ2v) is 8.82. The molecule has 3 aromatic heterocycles. The summed E-state index contributed by atoms with van der Waals surface area (Å²) in [4.78, 5) is 4.19. The van der Waals surface area contributed by atoms with Gasteiger partial charge in [0.25, 0.3) is 0 Å². The number of aliphatic hydroxyl groups excluding tert-OH is 2. The van der Waals surface area contributed by atoms with Gasteiger partial charge in [-0.2, -0.15) is 10.4 Å². The monoisotopic (exact) mass is 541 g/mol. The van der Waals surface area contributed by atoms with Gasteiger partial charge in [-0.3, -0.25) is 0 Å². The second kappa shape index (κ2) is 9.06. The Morgan fingerprint density at radius 1 is 1.44 bits per heavy atom. The summed E-state index contributed by atoms with van der Waals surface area (Å²) in [6.45, 7) is -0.518. The van der Waals surface area contributed by atoms with Gasteiger partial charge < -0.3 is 19.7 Å². The molecule has 11 nitrogen and oxygen atoms in total. The zero-order chi connectivity index (χ0) is 23.0. The van der Waals surface area contributed by atoms with Gasteiger partial charge in [0.1, 0.15) is 41.0 Å². The fraction of sp³-hybridized carbons (Fsp3) is 0.389. The molecule has 0 saturated carbocycles. The minimum Gasteiger partial charge on any atom is -0.394 e. The number of nitrogens with zero attached hydrogens (tertiary/aromatic N) is 7. The molecule has 4 rings (SSSR count). The van der Waals surface area contributed by atoms with Gasteiger partial charge in [-0.05, 0) is 22.0 Å². The van der Waals surface area contributed by atoms with E-state index in [9.17, 15) is 15.5 Å². The molecule has 0 radical (unpaired) electrons. The van der Waals surface area contributed by atoms with Gasteiger partial charge >= 0.3 is 0 Å². The van der Waals surface area contributed by atoms with Crippen molar-refractivity contribution >= 4 is 40.2 Å². The van der Waals surface area contributed by atoms with E-state index < -0.39 is 35.9 Å². The van der Waals surface area contributed by atoms with Crippen LogP contribution in [-0.2, 0) is 15.0 Å². The maximum Gasteiger partial charge on any atom is 0.195 e. The number of rotatable bonds is 5. The molecule has 1 aliphatic heterocycles. The van der Waals surface area contributed by atoms with Crippen LogP contribution in [0.3, 0.4) is 0 Å². The Kier molecular flexibility index (Phi) is 6.55. The van der Waals surface area contributed by atoms with Gasteiger partial charge in [0.15, 0.2) is 5.82 Å². The molecule has 14 heteroatoms. The quantitative estimate of drug-likeness (QED) is 0.401. The molecule has 0 aromatic carbocycles. The van der Waals surface area contributed by atoms with E-state index in [2.05, 4.69) is 49.0 Å². The van der Waals surface area contributed by atoms with Crippen molar-refractivity contribution in [1.29, 1.82) is 5.26 Å². The number of pyridine rings is 1. The average Bonchev–Trinajstić information content (AvgIpc) is 3.44. The number of hydrogen-bond donors (Lipinski definition) is 3. The highest BCUT2D eigenvalue weighted by Crippen LogP contribution is 2.45. The molecule has 0 bridgehead atoms. The molecule has 1 fully saturated rings. The van der Waals surface area contributed by atoms with Crippen LogP contribution >= 0.6 is 40.2 Å². The lowest BCUT2D eigenvalue weighted by Gasteiger charge is -2.51. The third-order valence-electron chi connectivity index (χ3n) is 5.28. The summed E-state index contributed by atoms with van der Waals surface area (Å²) in [6, 6.07) is 3.68. The lowest BCUT2D eigenvalue weighted by atomic mass is 9.75. The van der Waals surface area contributed by atoms with Crippen LogP contribution in [0.15, 0.2) is 35.3 Å². The Morgan fingerprint density at radius 3 is 2.84 bits per heavy atom. The second-order valence-electron chi connectivity index (χ2n) is 6.96. The van der Waals surface area contributed by atoms with Crippen molar-refractivity contribution < 1.29 is 19.7 Å². The smallest absolute Gasteiger partial charge is 0.195 e. The molecular weight excluding hydrogens is 526 g/mol. The van der Waals surface area contributed by atoms with Crippen LogP contribution < -0.4 is 0 Å². The number of thiol groups is 1. The molecule has 3 aromatic rings. The van der Waals surface area contributed by atoms with E-state index >= 15 is 0 Å². The first-order chi connectivity index (χ1) is 15.4. The summed E-state index contributed by atoms with van der Waals surface area (Å²) >= 11 is 13.8. The Bertz CT molecular complexity index is 1170. The highest BCUT2D eigenvalue weighted by molar-refractivity contribution is 9.10. The number of halogens is 2. The Hall–Kier alpha value is -2.05. The highest BCUT2D eigenvalue weighted by atomic mass is 79.9. The van der Waals surface area contributed by atoms with Crippen LogP contribution in [-0.4, -0.2) is 77.4 Å². The lowest BCUT2D eigenvalue weighted by molar-refractivity contribution is -0.213. The Labute approximate surface area is 201 Å². The van der Waals surface area contributed by atoms with Crippen molar-refractivity contribution in [3.8, 4) is 11.9 Å². The van der Waals surface area contributed by atoms with Crippen molar-refractivity contribution in [2.45, 2.75) is 29.3 Å². The van der Waals surface area contributed by atoms with E-state index in [-0.39, 0.29) is 11.3 Å². The first-order valence-corrected chi connectivity index (χ1v) is 10.9. The molecule has 2 N–H and O–H groups in total. The minimum atomic E-state index is -1.60. The minimum absolute atomic E-state index is 0.0209. The van der Waals surface area contributed by atoms with Crippen molar-refractivity contribution in [2.24, 2.45) is 0 Å².